The summed E-state index contributed by atoms with van der Waals surface area (Å²) in [6.45, 7) is 1.39. The van der Waals surface area contributed by atoms with Gasteiger partial charge in [-0.1, -0.05) is 19.3 Å². The lowest BCUT2D eigenvalue weighted by Crippen LogP contribution is -2.43. The lowest BCUT2D eigenvalue weighted by Gasteiger charge is -2.22. The fourth-order valence-electron chi connectivity index (χ4n) is 3.19. The van der Waals surface area contributed by atoms with Crippen LogP contribution < -0.4 is 4.72 Å². The highest BCUT2D eigenvalue weighted by Crippen LogP contribution is 2.31. The normalized spacial score (nSPS) is 29.2. The number of carbonyl (C=O) groups is 1. The Morgan fingerprint density at radius 2 is 1.75 bits per heavy atom. The molecule has 2 aliphatic rings. The summed E-state index contributed by atoms with van der Waals surface area (Å²) in [6.07, 6.45) is 6.29. The van der Waals surface area contributed by atoms with Crippen molar-refractivity contribution in [3.8, 4) is 0 Å². The number of carboxylic acids is 1. The van der Waals surface area contributed by atoms with Crippen molar-refractivity contribution in [3.63, 3.8) is 0 Å². The zero-order valence-corrected chi connectivity index (χ0v) is 12.6. The van der Waals surface area contributed by atoms with Gasteiger partial charge in [-0.05, 0) is 31.6 Å². The molecule has 0 spiro atoms. The van der Waals surface area contributed by atoms with Gasteiger partial charge in [-0.2, -0.15) is 12.7 Å². The van der Waals surface area contributed by atoms with E-state index in [0.717, 1.165) is 38.5 Å². The maximum atomic E-state index is 12.2. The maximum absolute atomic E-state index is 12.2. The SMILES string of the molecule is O=C(O)C1CCCC1CNS(=O)(=O)N1CCCCCC1. The van der Waals surface area contributed by atoms with Crippen LogP contribution in [0.15, 0.2) is 0 Å². The molecular formula is C13H24N2O4S. The van der Waals surface area contributed by atoms with Crippen molar-refractivity contribution < 1.29 is 18.3 Å². The average molecular weight is 304 g/mol. The minimum atomic E-state index is -3.45. The molecule has 116 valence electrons. The topological polar surface area (TPSA) is 86.7 Å². The van der Waals surface area contributed by atoms with E-state index >= 15 is 0 Å². The second-order valence-electron chi connectivity index (χ2n) is 5.80. The Morgan fingerprint density at radius 3 is 2.35 bits per heavy atom. The van der Waals surface area contributed by atoms with Crippen molar-refractivity contribution >= 4 is 16.2 Å². The summed E-state index contributed by atoms with van der Waals surface area (Å²) in [6, 6.07) is 0. The zero-order chi connectivity index (χ0) is 14.6. The van der Waals surface area contributed by atoms with Crippen molar-refractivity contribution in [3.05, 3.63) is 0 Å². The third-order valence-electron chi connectivity index (χ3n) is 4.41. The fourth-order valence-corrected chi connectivity index (χ4v) is 4.54. The van der Waals surface area contributed by atoms with Crippen LogP contribution in [0.3, 0.4) is 0 Å². The molecule has 0 aromatic rings. The molecule has 7 heteroatoms. The summed E-state index contributed by atoms with van der Waals surface area (Å²) in [4.78, 5) is 11.1. The molecular weight excluding hydrogens is 280 g/mol. The van der Waals surface area contributed by atoms with Crippen molar-refractivity contribution in [1.82, 2.24) is 9.03 Å². The molecule has 0 aromatic carbocycles. The van der Waals surface area contributed by atoms with Gasteiger partial charge in [0.2, 0.25) is 0 Å². The Bertz CT molecular complexity index is 430. The number of hydrogen-bond acceptors (Lipinski definition) is 3. The minimum absolute atomic E-state index is 0.0748. The van der Waals surface area contributed by atoms with Crippen LogP contribution in [-0.2, 0) is 15.0 Å². The van der Waals surface area contributed by atoms with Crippen molar-refractivity contribution in [2.24, 2.45) is 11.8 Å². The zero-order valence-electron chi connectivity index (χ0n) is 11.8. The second-order valence-corrected chi connectivity index (χ2v) is 7.56. The van der Waals surface area contributed by atoms with Crippen LogP contribution in [-0.4, -0.2) is 43.4 Å². The van der Waals surface area contributed by atoms with Crippen LogP contribution in [0.4, 0.5) is 0 Å². The smallest absolute Gasteiger partial charge is 0.306 e. The Labute approximate surface area is 120 Å². The molecule has 0 amide bonds. The first-order valence-corrected chi connectivity index (χ1v) is 8.92. The summed E-state index contributed by atoms with van der Waals surface area (Å²) >= 11 is 0. The molecule has 0 bridgehead atoms. The molecule has 2 rings (SSSR count). The van der Waals surface area contributed by atoms with Gasteiger partial charge in [0.25, 0.3) is 10.2 Å². The highest BCUT2D eigenvalue weighted by Gasteiger charge is 2.34. The van der Waals surface area contributed by atoms with Gasteiger partial charge in [0.05, 0.1) is 5.92 Å². The second kappa shape index (κ2) is 6.87. The van der Waals surface area contributed by atoms with Crippen LogP contribution in [0.1, 0.15) is 44.9 Å². The molecule has 6 nitrogen and oxygen atoms in total. The average Bonchev–Trinajstić information content (AvgIpc) is 2.69. The molecule has 1 heterocycles. The van der Waals surface area contributed by atoms with E-state index in [1.807, 2.05) is 0 Å². The first-order chi connectivity index (χ1) is 9.50. The summed E-state index contributed by atoms with van der Waals surface area (Å²) in [7, 11) is -3.45. The molecule has 1 aliphatic heterocycles. The van der Waals surface area contributed by atoms with Crippen LogP contribution >= 0.6 is 0 Å². The van der Waals surface area contributed by atoms with Gasteiger partial charge in [0, 0.05) is 19.6 Å². The van der Waals surface area contributed by atoms with E-state index in [-0.39, 0.29) is 12.5 Å². The van der Waals surface area contributed by atoms with E-state index in [0.29, 0.717) is 19.5 Å². The van der Waals surface area contributed by atoms with Gasteiger partial charge in [0.15, 0.2) is 0 Å². The van der Waals surface area contributed by atoms with Crippen molar-refractivity contribution in [1.29, 1.82) is 0 Å². The third-order valence-corrected chi connectivity index (χ3v) is 5.99. The highest BCUT2D eigenvalue weighted by molar-refractivity contribution is 7.87. The monoisotopic (exact) mass is 304 g/mol. The predicted molar refractivity (Wildman–Crippen MR) is 75.4 cm³/mol. The summed E-state index contributed by atoms with van der Waals surface area (Å²) in [5, 5.41) is 9.11. The van der Waals surface area contributed by atoms with Crippen molar-refractivity contribution in [2.75, 3.05) is 19.6 Å². The summed E-state index contributed by atoms with van der Waals surface area (Å²) < 4.78 is 28.6. The fraction of sp³-hybridized carbons (Fsp3) is 0.923. The molecule has 0 radical (unpaired) electrons. The highest BCUT2D eigenvalue weighted by atomic mass is 32.2. The van der Waals surface area contributed by atoms with E-state index in [1.165, 1.54) is 4.31 Å². The Kier molecular flexibility index (Phi) is 5.40. The van der Waals surface area contributed by atoms with Gasteiger partial charge in [-0.15, -0.1) is 0 Å². The minimum Gasteiger partial charge on any atom is -0.481 e. The van der Waals surface area contributed by atoms with E-state index in [1.54, 1.807) is 0 Å². The van der Waals surface area contributed by atoms with Gasteiger partial charge < -0.3 is 5.11 Å². The third kappa shape index (κ3) is 3.93. The molecule has 1 saturated heterocycles. The number of nitrogens with zero attached hydrogens (tertiary/aromatic N) is 1. The largest absolute Gasteiger partial charge is 0.481 e. The first kappa shape index (κ1) is 15.7. The molecule has 2 N–H and O–H groups in total. The van der Waals surface area contributed by atoms with Gasteiger partial charge in [0.1, 0.15) is 0 Å². The number of rotatable bonds is 5. The van der Waals surface area contributed by atoms with Gasteiger partial charge >= 0.3 is 5.97 Å². The Morgan fingerprint density at radius 1 is 1.10 bits per heavy atom. The molecule has 1 saturated carbocycles. The van der Waals surface area contributed by atoms with Crippen molar-refractivity contribution in [2.45, 2.75) is 44.9 Å². The summed E-state index contributed by atoms with van der Waals surface area (Å²) in [5.41, 5.74) is 0. The molecule has 2 unspecified atom stereocenters. The maximum Gasteiger partial charge on any atom is 0.306 e. The quantitative estimate of drug-likeness (QED) is 0.799. The number of nitrogens with one attached hydrogen (secondary N) is 1. The van der Waals surface area contributed by atoms with Crippen LogP contribution in [0.25, 0.3) is 0 Å². The summed E-state index contributed by atoms with van der Waals surface area (Å²) in [5.74, 6) is -1.28. The van der Waals surface area contributed by atoms with Gasteiger partial charge in [-0.25, -0.2) is 4.72 Å². The van der Waals surface area contributed by atoms with Crippen LogP contribution in [0, 0.1) is 11.8 Å². The molecule has 2 fully saturated rings. The first-order valence-electron chi connectivity index (χ1n) is 7.48. The van der Waals surface area contributed by atoms with E-state index in [9.17, 15) is 13.2 Å². The van der Waals surface area contributed by atoms with E-state index in [4.69, 9.17) is 5.11 Å². The van der Waals surface area contributed by atoms with Crippen LogP contribution in [0.2, 0.25) is 0 Å². The van der Waals surface area contributed by atoms with E-state index < -0.39 is 22.1 Å². The van der Waals surface area contributed by atoms with Crippen LogP contribution in [0.5, 0.6) is 0 Å². The lowest BCUT2D eigenvalue weighted by molar-refractivity contribution is -0.142. The standard InChI is InChI=1S/C13H24N2O4S/c16-13(17)12-7-5-6-11(12)10-14-20(18,19)15-8-3-1-2-4-9-15/h11-12,14H,1-10H2,(H,16,17). The van der Waals surface area contributed by atoms with Gasteiger partial charge in [-0.3, -0.25) is 4.79 Å². The Balaban J connectivity index is 1.89. The molecule has 0 aromatic heterocycles. The Hall–Kier alpha value is -0.660. The number of aliphatic carboxylic acids is 1. The number of carboxylic acid groups (broad SMARTS) is 1. The molecule has 2 atom stereocenters. The molecule has 20 heavy (non-hydrogen) atoms. The molecule has 1 aliphatic carbocycles. The predicted octanol–water partition coefficient (Wildman–Crippen LogP) is 1.20. The van der Waals surface area contributed by atoms with E-state index in [2.05, 4.69) is 4.72 Å². The lowest BCUT2D eigenvalue weighted by atomic mass is 9.97. The number of hydrogen-bond donors (Lipinski definition) is 2.